The molecule has 94 valence electrons. The van der Waals surface area contributed by atoms with Gasteiger partial charge in [-0.1, -0.05) is 46.9 Å². The maximum atomic E-state index is 13.7. The van der Waals surface area contributed by atoms with Crippen molar-refractivity contribution in [3.8, 4) is 11.6 Å². The van der Waals surface area contributed by atoms with Gasteiger partial charge in [-0.3, -0.25) is 0 Å². The summed E-state index contributed by atoms with van der Waals surface area (Å²) in [5, 5.41) is 0.410. The Morgan fingerprint density at radius 3 is 2.61 bits per heavy atom. The molecule has 0 amide bonds. The lowest BCUT2D eigenvalue weighted by Gasteiger charge is -2.09. The van der Waals surface area contributed by atoms with Gasteiger partial charge in [0.25, 0.3) is 0 Å². The van der Waals surface area contributed by atoms with E-state index in [4.69, 9.17) is 39.5 Å². The van der Waals surface area contributed by atoms with Gasteiger partial charge in [-0.05, 0) is 24.6 Å². The summed E-state index contributed by atoms with van der Waals surface area (Å²) in [5.41, 5.74) is 0.462. The van der Waals surface area contributed by atoms with Crippen molar-refractivity contribution in [2.24, 2.45) is 0 Å². The summed E-state index contributed by atoms with van der Waals surface area (Å²) >= 11 is 17.4. The molecule has 2 aromatic rings. The fraction of sp³-hybridized carbons (Fsp3) is 0.0833. The van der Waals surface area contributed by atoms with Gasteiger partial charge in [-0.15, -0.1) is 0 Å². The Kier molecular flexibility index (Phi) is 3.95. The summed E-state index contributed by atoms with van der Waals surface area (Å²) < 4.78 is 19.0. The molecule has 1 aromatic heterocycles. The van der Waals surface area contributed by atoms with E-state index in [1.54, 1.807) is 19.1 Å². The Bertz CT molecular complexity index is 604. The zero-order valence-corrected chi connectivity index (χ0v) is 11.4. The predicted molar refractivity (Wildman–Crippen MR) is 70.5 cm³/mol. The van der Waals surface area contributed by atoms with E-state index in [0.717, 1.165) is 0 Å². The third-order valence-corrected chi connectivity index (χ3v) is 3.16. The Balaban J connectivity index is 2.40. The second kappa shape index (κ2) is 5.31. The Hall–Kier alpha value is -1.03. The van der Waals surface area contributed by atoms with E-state index in [9.17, 15) is 4.39 Å². The van der Waals surface area contributed by atoms with Crippen molar-refractivity contribution >= 4 is 34.8 Å². The van der Waals surface area contributed by atoms with E-state index >= 15 is 0 Å². The topological polar surface area (TPSA) is 22.1 Å². The van der Waals surface area contributed by atoms with Gasteiger partial charge < -0.3 is 4.74 Å². The third kappa shape index (κ3) is 2.69. The predicted octanol–water partition coefficient (Wildman–Crippen LogP) is 5.28. The number of aromatic nitrogens is 1. The van der Waals surface area contributed by atoms with Crippen LogP contribution >= 0.6 is 34.8 Å². The SMILES string of the molecule is Cc1cccc(Oc2nc(Cl)c(Cl)cc2Cl)c1F. The molecule has 0 aliphatic rings. The molecule has 0 aliphatic heterocycles. The van der Waals surface area contributed by atoms with Gasteiger partial charge in [0, 0.05) is 0 Å². The van der Waals surface area contributed by atoms with Gasteiger partial charge >= 0.3 is 0 Å². The van der Waals surface area contributed by atoms with Crippen molar-refractivity contribution in [1.29, 1.82) is 0 Å². The molecule has 0 fully saturated rings. The molecule has 0 aliphatic carbocycles. The van der Waals surface area contributed by atoms with Gasteiger partial charge in [0.05, 0.1) is 5.02 Å². The summed E-state index contributed by atoms with van der Waals surface area (Å²) in [4.78, 5) is 3.85. The summed E-state index contributed by atoms with van der Waals surface area (Å²) in [6.45, 7) is 1.63. The molecular formula is C12H7Cl3FNO. The molecule has 2 rings (SSSR count). The number of hydrogen-bond acceptors (Lipinski definition) is 2. The van der Waals surface area contributed by atoms with Crippen LogP contribution in [0.2, 0.25) is 15.2 Å². The average Bonchev–Trinajstić information content (AvgIpc) is 2.32. The molecule has 1 heterocycles. The smallest absolute Gasteiger partial charge is 0.239 e. The van der Waals surface area contributed by atoms with E-state index in [1.165, 1.54) is 12.1 Å². The van der Waals surface area contributed by atoms with Crippen LogP contribution in [-0.2, 0) is 0 Å². The Labute approximate surface area is 118 Å². The first-order valence-corrected chi connectivity index (χ1v) is 6.07. The summed E-state index contributed by atoms with van der Waals surface area (Å²) in [7, 11) is 0. The highest BCUT2D eigenvalue weighted by atomic mass is 35.5. The molecular weight excluding hydrogens is 299 g/mol. The minimum absolute atomic E-state index is 0.00978. The maximum Gasteiger partial charge on any atom is 0.239 e. The number of hydrogen-bond donors (Lipinski definition) is 0. The second-order valence-corrected chi connectivity index (χ2v) is 4.71. The average molecular weight is 307 g/mol. The van der Waals surface area contributed by atoms with Crippen molar-refractivity contribution in [1.82, 2.24) is 4.98 Å². The van der Waals surface area contributed by atoms with Crippen LogP contribution < -0.4 is 4.74 Å². The number of nitrogens with zero attached hydrogens (tertiary/aromatic N) is 1. The molecule has 0 unspecified atom stereocenters. The molecule has 18 heavy (non-hydrogen) atoms. The lowest BCUT2D eigenvalue weighted by molar-refractivity contribution is 0.426. The fourth-order valence-electron chi connectivity index (χ4n) is 1.30. The maximum absolute atomic E-state index is 13.7. The molecule has 6 heteroatoms. The van der Waals surface area contributed by atoms with Crippen LogP contribution in [0.25, 0.3) is 0 Å². The lowest BCUT2D eigenvalue weighted by Crippen LogP contribution is -1.94. The van der Waals surface area contributed by atoms with Crippen LogP contribution in [0.15, 0.2) is 24.3 Å². The largest absolute Gasteiger partial charge is 0.434 e. The van der Waals surface area contributed by atoms with Crippen LogP contribution in [0.4, 0.5) is 4.39 Å². The molecule has 0 atom stereocenters. The Morgan fingerprint density at radius 1 is 1.17 bits per heavy atom. The van der Waals surface area contributed by atoms with Gasteiger partial charge in [-0.2, -0.15) is 4.98 Å². The monoisotopic (exact) mass is 305 g/mol. The number of ether oxygens (including phenoxy) is 1. The molecule has 0 N–H and O–H groups in total. The van der Waals surface area contributed by atoms with Gasteiger partial charge in [0.1, 0.15) is 5.02 Å². The highest BCUT2D eigenvalue weighted by molar-refractivity contribution is 6.42. The normalized spacial score (nSPS) is 10.5. The van der Waals surface area contributed by atoms with E-state index in [2.05, 4.69) is 4.98 Å². The van der Waals surface area contributed by atoms with Gasteiger partial charge in [0.15, 0.2) is 16.7 Å². The molecule has 0 spiro atoms. The highest BCUT2D eigenvalue weighted by Gasteiger charge is 2.13. The molecule has 0 bridgehead atoms. The minimum atomic E-state index is -0.471. The first-order chi connectivity index (χ1) is 8.49. The van der Waals surface area contributed by atoms with E-state index in [0.29, 0.717) is 5.56 Å². The third-order valence-electron chi connectivity index (χ3n) is 2.22. The summed E-state index contributed by atoms with van der Waals surface area (Å²) in [6, 6.07) is 6.16. The second-order valence-electron chi connectivity index (χ2n) is 3.54. The van der Waals surface area contributed by atoms with Crippen LogP contribution in [-0.4, -0.2) is 4.98 Å². The molecule has 0 saturated heterocycles. The highest BCUT2D eigenvalue weighted by Crippen LogP contribution is 2.34. The Morgan fingerprint density at radius 2 is 1.89 bits per heavy atom. The fourth-order valence-corrected chi connectivity index (χ4v) is 1.83. The minimum Gasteiger partial charge on any atom is -0.434 e. The van der Waals surface area contributed by atoms with Crippen LogP contribution in [0.5, 0.6) is 11.6 Å². The van der Waals surface area contributed by atoms with E-state index in [1.807, 2.05) is 0 Å². The van der Waals surface area contributed by atoms with E-state index < -0.39 is 5.82 Å². The first-order valence-electron chi connectivity index (χ1n) is 4.93. The van der Waals surface area contributed by atoms with Crippen molar-refractivity contribution < 1.29 is 9.13 Å². The summed E-state index contributed by atoms with van der Waals surface area (Å²) in [5.74, 6) is -0.431. The molecule has 2 nitrogen and oxygen atoms in total. The van der Waals surface area contributed by atoms with Crippen molar-refractivity contribution in [2.75, 3.05) is 0 Å². The molecule has 1 aromatic carbocycles. The summed E-state index contributed by atoms with van der Waals surface area (Å²) in [6.07, 6.45) is 0. The van der Waals surface area contributed by atoms with Crippen molar-refractivity contribution in [3.63, 3.8) is 0 Å². The number of halogens is 4. The number of benzene rings is 1. The number of pyridine rings is 1. The van der Waals surface area contributed by atoms with Crippen LogP contribution in [0, 0.1) is 12.7 Å². The zero-order valence-electron chi connectivity index (χ0n) is 9.18. The van der Waals surface area contributed by atoms with Crippen molar-refractivity contribution in [3.05, 3.63) is 50.8 Å². The quantitative estimate of drug-likeness (QED) is 0.704. The van der Waals surface area contributed by atoms with Gasteiger partial charge in [0.2, 0.25) is 5.88 Å². The van der Waals surface area contributed by atoms with E-state index in [-0.39, 0.29) is 26.8 Å². The van der Waals surface area contributed by atoms with Crippen molar-refractivity contribution in [2.45, 2.75) is 6.92 Å². The zero-order chi connectivity index (χ0) is 13.3. The molecule has 0 radical (unpaired) electrons. The first kappa shape index (κ1) is 13.4. The standard InChI is InChI=1S/C12H7Cl3FNO/c1-6-3-2-4-9(10(6)16)18-12-8(14)5-7(13)11(15)17-12/h2-5H,1H3. The van der Waals surface area contributed by atoms with Crippen LogP contribution in [0.1, 0.15) is 5.56 Å². The number of rotatable bonds is 2. The number of aryl methyl sites for hydroxylation is 1. The molecule has 0 saturated carbocycles. The van der Waals surface area contributed by atoms with Gasteiger partial charge in [-0.25, -0.2) is 4.39 Å². The lowest BCUT2D eigenvalue weighted by atomic mass is 10.2. The van der Waals surface area contributed by atoms with Crippen LogP contribution in [0.3, 0.4) is 0 Å².